The highest BCUT2D eigenvalue weighted by Crippen LogP contribution is 2.37. The molecule has 0 saturated carbocycles. The Morgan fingerprint density at radius 2 is 2.30 bits per heavy atom. The fraction of sp³-hybridized carbons (Fsp3) is 0.615. The average Bonchev–Trinajstić information content (AvgIpc) is 2.87. The van der Waals surface area contributed by atoms with Gasteiger partial charge in [0.05, 0.1) is 18.8 Å². The first-order chi connectivity index (χ1) is 9.65. The van der Waals surface area contributed by atoms with E-state index in [1.54, 1.807) is 14.0 Å². The Kier molecular flexibility index (Phi) is 4.94. The third-order valence-corrected chi connectivity index (χ3v) is 4.29. The van der Waals surface area contributed by atoms with Crippen LogP contribution in [0.15, 0.2) is 0 Å². The van der Waals surface area contributed by atoms with Crippen molar-refractivity contribution < 1.29 is 14.3 Å². The van der Waals surface area contributed by atoms with Gasteiger partial charge in [0.25, 0.3) is 0 Å². The van der Waals surface area contributed by atoms with Crippen LogP contribution < -0.4 is 10.6 Å². The van der Waals surface area contributed by atoms with Crippen molar-refractivity contribution in [3.63, 3.8) is 0 Å². The molecule has 0 fully saturated rings. The van der Waals surface area contributed by atoms with Gasteiger partial charge in [-0.2, -0.15) is 0 Å². The van der Waals surface area contributed by atoms with Gasteiger partial charge in [-0.1, -0.05) is 0 Å². The number of hydrogen-bond donors (Lipinski definition) is 2. The number of likely N-dealkylation sites (N-methyl/N-ethyl adjacent to an activating group) is 1. The molecule has 1 aromatic rings. The molecule has 2 N–H and O–H groups in total. The van der Waals surface area contributed by atoms with Crippen molar-refractivity contribution in [2.45, 2.75) is 32.1 Å². The number of carbonyl (C=O) groups is 2. The predicted molar refractivity (Wildman–Crippen MR) is 77.0 cm³/mol. The lowest BCUT2D eigenvalue weighted by Gasteiger charge is -2.19. The van der Waals surface area contributed by atoms with Crippen molar-refractivity contribution in [2.75, 3.05) is 25.5 Å². The minimum absolute atomic E-state index is 0.0971. The van der Waals surface area contributed by atoms with Crippen LogP contribution in [-0.4, -0.2) is 37.1 Å². The van der Waals surface area contributed by atoms with E-state index in [2.05, 4.69) is 15.6 Å². The molecule has 20 heavy (non-hydrogen) atoms. The number of ether oxygens (including phenoxy) is 1. The van der Waals surface area contributed by atoms with Crippen molar-refractivity contribution >= 4 is 28.3 Å². The predicted octanol–water partition coefficient (Wildman–Crippen LogP) is 1.28. The van der Waals surface area contributed by atoms with Gasteiger partial charge in [0, 0.05) is 11.9 Å². The Labute approximate surface area is 121 Å². The number of amides is 1. The summed E-state index contributed by atoms with van der Waals surface area (Å²) in [5, 5.41) is 6.22. The van der Waals surface area contributed by atoms with Crippen molar-refractivity contribution in [2.24, 2.45) is 0 Å². The quantitative estimate of drug-likeness (QED) is 0.800. The topological polar surface area (TPSA) is 80.3 Å². The third kappa shape index (κ3) is 3.27. The molecule has 0 spiro atoms. The van der Waals surface area contributed by atoms with E-state index in [1.165, 1.54) is 11.3 Å². The van der Waals surface area contributed by atoms with Crippen LogP contribution in [-0.2, 0) is 20.7 Å². The standard InChI is InChI=1S/C13H19N3O3S/c1-3-19-12(18)8-5-4-6-9-11(8)16-13(20-9)15-7-10(17)14-2/h8H,3-7H2,1-2H3,(H,14,17)(H,15,16). The summed E-state index contributed by atoms with van der Waals surface area (Å²) in [5.41, 5.74) is 0.819. The van der Waals surface area contributed by atoms with E-state index in [4.69, 9.17) is 4.74 Å². The van der Waals surface area contributed by atoms with Crippen LogP contribution in [0.2, 0.25) is 0 Å². The highest BCUT2D eigenvalue weighted by molar-refractivity contribution is 7.15. The van der Waals surface area contributed by atoms with Crippen LogP contribution in [0.5, 0.6) is 0 Å². The highest BCUT2D eigenvalue weighted by Gasteiger charge is 2.31. The van der Waals surface area contributed by atoms with Gasteiger partial charge < -0.3 is 15.4 Å². The molecule has 0 radical (unpaired) electrons. The molecule has 1 unspecified atom stereocenters. The average molecular weight is 297 g/mol. The van der Waals surface area contributed by atoms with E-state index < -0.39 is 0 Å². The Bertz CT molecular complexity index is 501. The molecule has 0 bridgehead atoms. The summed E-state index contributed by atoms with van der Waals surface area (Å²) in [6.07, 6.45) is 2.68. The maximum Gasteiger partial charge on any atom is 0.315 e. The lowest BCUT2D eigenvalue weighted by molar-refractivity contribution is -0.145. The van der Waals surface area contributed by atoms with E-state index in [1.807, 2.05) is 0 Å². The second kappa shape index (κ2) is 6.69. The molecule has 7 heteroatoms. The summed E-state index contributed by atoms with van der Waals surface area (Å²) in [5.74, 6) is -0.554. The van der Waals surface area contributed by atoms with Crippen LogP contribution in [0.1, 0.15) is 36.3 Å². The van der Waals surface area contributed by atoms with Crippen molar-refractivity contribution in [1.82, 2.24) is 10.3 Å². The molecule has 1 atom stereocenters. The minimum Gasteiger partial charge on any atom is -0.465 e. The Morgan fingerprint density at radius 3 is 3.00 bits per heavy atom. The number of aromatic nitrogens is 1. The molecule has 2 rings (SSSR count). The smallest absolute Gasteiger partial charge is 0.315 e. The molecular formula is C13H19N3O3S. The largest absolute Gasteiger partial charge is 0.465 e. The van der Waals surface area contributed by atoms with E-state index in [-0.39, 0.29) is 24.3 Å². The fourth-order valence-corrected chi connectivity index (χ4v) is 3.27. The van der Waals surface area contributed by atoms with Crippen molar-refractivity contribution in [1.29, 1.82) is 0 Å². The van der Waals surface area contributed by atoms with E-state index in [0.29, 0.717) is 11.7 Å². The van der Waals surface area contributed by atoms with Crippen LogP contribution in [0, 0.1) is 0 Å². The number of nitrogens with zero attached hydrogens (tertiary/aromatic N) is 1. The van der Waals surface area contributed by atoms with E-state index >= 15 is 0 Å². The van der Waals surface area contributed by atoms with Gasteiger partial charge in [-0.25, -0.2) is 4.98 Å². The maximum absolute atomic E-state index is 11.9. The number of fused-ring (bicyclic) bond motifs is 1. The fourth-order valence-electron chi connectivity index (χ4n) is 2.21. The first kappa shape index (κ1) is 14.8. The molecule has 0 saturated heterocycles. The van der Waals surface area contributed by atoms with Gasteiger partial charge in [0.15, 0.2) is 5.13 Å². The first-order valence-electron chi connectivity index (χ1n) is 6.76. The molecular weight excluding hydrogens is 278 g/mol. The lowest BCUT2D eigenvalue weighted by atomic mass is 9.91. The minimum atomic E-state index is -0.259. The summed E-state index contributed by atoms with van der Waals surface area (Å²) in [7, 11) is 1.59. The van der Waals surface area contributed by atoms with Gasteiger partial charge in [0.1, 0.15) is 5.92 Å². The van der Waals surface area contributed by atoms with E-state index in [9.17, 15) is 9.59 Å². The summed E-state index contributed by atoms with van der Waals surface area (Å²) < 4.78 is 5.10. The number of aryl methyl sites for hydroxylation is 1. The molecule has 1 aliphatic carbocycles. The summed E-state index contributed by atoms with van der Waals surface area (Å²) in [4.78, 5) is 28.7. The normalized spacial score (nSPS) is 17.2. The molecule has 0 aromatic carbocycles. The van der Waals surface area contributed by atoms with Crippen molar-refractivity contribution in [3.05, 3.63) is 10.6 Å². The second-order valence-corrected chi connectivity index (χ2v) is 5.63. The number of nitrogens with one attached hydrogen (secondary N) is 2. The van der Waals surface area contributed by atoms with E-state index in [0.717, 1.165) is 29.8 Å². The zero-order valence-electron chi connectivity index (χ0n) is 11.7. The molecule has 6 nitrogen and oxygen atoms in total. The van der Waals surface area contributed by atoms with Gasteiger partial charge in [-0.05, 0) is 26.2 Å². The van der Waals surface area contributed by atoms with Gasteiger partial charge in [-0.3, -0.25) is 9.59 Å². The molecule has 1 aromatic heterocycles. The molecule has 1 amide bonds. The summed E-state index contributed by atoms with van der Waals surface area (Å²) >= 11 is 1.52. The zero-order chi connectivity index (χ0) is 14.5. The SMILES string of the molecule is CCOC(=O)C1CCCc2sc(NCC(=O)NC)nc21. The summed E-state index contributed by atoms with van der Waals surface area (Å²) in [6.45, 7) is 2.38. The van der Waals surface area contributed by atoms with Crippen LogP contribution >= 0.6 is 11.3 Å². The Morgan fingerprint density at radius 1 is 1.50 bits per heavy atom. The number of thiazole rings is 1. The molecule has 1 aliphatic rings. The number of esters is 1. The Balaban J connectivity index is 2.10. The first-order valence-corrected chi connectivity index (χ1v) is 7.58. The molecule has 0 aliphatic heterocycles. The highest BCUT2D eigenvalue weighted by atomic mass is 32.1. The lowest BCUT2D eigenvalue weighted by Crippen LogP contribution is -2.26. The van der Waals surface area contributed by atoms with Crippen molar-refractivity contribution in [3.8, 4) is 0 Å². The summed E-state index contributed by atoms with van der Waals surface area (Å²) in [6, 6.07) is 0. The monoisotopic (exact) mass is 297 g/mol. The molecule has 1 heterocycles. The van der Waals surface area contributed by atoms with Crippen LogP contribution in [0.3, 0.4) is 0 Å². The van der Waals surface area contributed by atoms with Gasteiger partial charge in [-0.15, -0.1) is 11.3 Å². The maximum atomic E-state index is 11.9. The third-order valence-electron chi connectivity index (χ3n) is 3.20. The Hall–Kier alpha value is -1.63. The number of anilines is 1. The zero-order valence-corrected chi connectivity index (χ0v) is 12.5. The molecule has 110 valence electrons. The van der Waals surface area contributed by atoms with Gasteiger partial charge >= 0.3 is 5.97 Å². The van der Waals surface area contributed by atoms with Gasteiger partial charge in [0.2, 0.25) is 5.91 Å². The van der Waals surface area contributed by atoms with Crippen LogP contribution in [0.4, 0.5) is 5.13 Å². The number of hydrogen-bond acceptors (Lipinski definition) is 6. The second-order valence-electron chi connectivity index (χ2n) is 4.55. The number of rotatable bonds is 5. The van der Waals surface area contributed by atoms with Crippen LogP contribution in [0.25, 0.3) is 0 Å². The number of carbonyl (C=O) groups excluding carboxylic acids is 2.